The monoisotopic (exact) mass is 293 g/mol. The van der Waals surface area contributed by atoms with Gasteiger partial charge in [-0.25, -0.2) is 0 Å². The van der Waals surface area contributed by atoms with Crippen LogP contribution >= 0.6 is 0 Å². The lowest BCUT2D eigenvalue weighted by atomic mass is 9.87. The van der Waals surface area contributed by atoms with Crippen molar-refractivity contribution < 1.29 is 4.21 Å². The lowest BCUT2D eigenvalue weighted by Gasteiger charge is -2.35. The van der Waals surface area contributed by atoms with Crippen molar-refractivity contribution in [1.82, 2.24) is 5.32 Å². The first-order chi connectivity index (χ1) is 9.61. The summed E-state index contributed by atoms with van der Waals surface area (Å²) in [7, 11) is -0.895. The first-order valence-corrected chi connectivity index (χ1v) is 9.03. The number of hydrogen-bond acceptors (Lipinski definition) is 2. The van der Waals surface area contributed by atoms with Gasteiger partial charge >= 0.3 is 0 Å². The van der Waals surface area contributed by atoms with Gasteiger partial charge in [0.1, 0.15) is 0 Å². The van der Waals surface area contributed by atoms with Gasteiger partial charge in [-0.15, -0.1) is 0 Å². The molecule has 0 bridgehead atoms. The van der Waals surface area contributed by atoms with Crippen molar-refractivity contribution in [2.75, 3.05) is 6.54 Å². The molecule has 0 heterocycles. The van der Waals surface area contributed by atoms with Crippen LogP contribution in [-0.4, -0.2) is 22.0 Å². The molecule has 0 radical (unpaired) electrons. The molecule has 1 N–H and O–H groups in total. The third-order valence-electron chi connectivity index (χ3n) is 4.24. The Morgan fingerprint density at radius 2 is 1.95 bits per heavy atom. The minimum atomic E-state index is -0.895. The average molecular weight is 293 g/mol. The zero-order chi connectivity index (χ0) is 14.5. The van der Waals surface area contributed by atoms with Gasteiger partial charge in [-0.2, -0.15) is 0 Å². The largest absolute Gasteiger partial charge is 0.313 e. The van der Waals surface area contributed by atoms with Crippen LogP contribution in [-0.2, 0) is 10.8 Å². The summed E-state index contributed by atoms with van der Waals surface area (Å²) in [6.45, 7) is 7.57. The van der Waals surface area contributed by atoms with E-state index in [0.717, 1.165) is 30.7 Å². The predicted molar refractivity (Wildman–Crippen MR) is 86.5 cm³/mol. The second kappa shape index (κ2) is 7.37. The van der Waals surface area contributed by atoms with Crippen molar-refractivity contribution in [3.63, 3.8) is 0 Å². The maximum absolute atomic E-state index is 12.9. The smallest absolute Gasteiger partial charge is 0.0576 e. The van der Waals surface area contributed by atoms with E-state index in [0.29, 0.717) is 12.0 Å². The molecule has 0 aliphatic heterocycles. The molecule has 1 aromatic rings. The van der Waals surface area contributed by atoms with Crippen molar-refractivity contribution in [3.05, 3.63) is 29.8 Å². The number of benzene rings is 1. The van der Waals surface area contributed by atoms with Crippen LogP contribution in [0.2, 0.25) is 0 Å². The van der Waals surface area contributed by atoms with E-state index < -0.39 is 10.8 Å². The Kier molecular flexibility index (Phi) is 5.79. The van der Waals surface area contributed by atoms with Gasteiger partial charge in [0.2, 0.25) is 0 Å². The summed E-state index contributed by atoms with van der Waals surface area (Å²) in [5.41, 5.74) is 1.23. The van der Waals surface area contributed by atoms with E-state index in [9.17, 15) is 4.21 Å². The third-order valence-corrected chi connectivity index (χ3v) is 6.05. The fourth-order valence-electron chi connectivity index (χ4n) is 2.98. The maximum atomic E-state index is 12.9. The average Bonchev–Trinajstić information content (AvgIpc) is 2.46. The molecule has 1 aromatic carbocycles. The minimum absolute atomic E-state index is 0.257. The predicted octanol–water partition coefficient (Wildman–Crippen LogP) is 3.66. The first-order valence-electron chi connectivity index (χ1n) is 7.82. The van der Waals surface area contributed by atoms with Gasteiger partial charge in [-0.1, -0.05) is 31.5 Å². The molecule has 0 saturated heterocycles. The molecule has 1 aliphatic carbocycles. The van der Waals surface area contributed by atoms with Crippen molar-refractivity contribution >= 4 is 10.8 Å². The molecule has 4 atom stereocenters. The van der Waals surface area contributed by atoms with Gasteiger partial charge in [-0.3, -0.25) is 4.21 Å². The Morgan fingerprint density at radius 1 is 1.25 bits per heavy atom. The van der Waals surface area contributed by atoms with Gasteiger partial charge < -0.3 is 5.32 Å². The molecule has 1 saturated carbocycles. The molecule has 0 spiro atoms. The minimum Gasteiger partial charge on any atom is -0.313 e. The summed E-state index contributed by atoms with van der Waals surface area (Å²) in [5, 5.41) is 3.87. The third kappa shape index (κ3) is 3.92. The van der Waals surface area contributed by atoms with E-state index in [1.807, 2.05) is 12.1 Å². The highest BCUT2D eigenvalue weighted by molar-refractivity contribution is 7.85. The second-order valence-electron chi connectivity index (χ2n) is 6.13. The van der Waals surface area contributed by atoms with Gasteiger partial charge in [-0.05, 0) is 57.2 Å². The van der Waals surface area contributed by atoms with E-state index in [-0.39, 0.29) is 5.25 Å². The zero-order valence-corrected chi connectivity index (χ0v) is 13.7. The van der Waals surface area contributed by atoms with Crippen molar-refractivity contribution in [2.45, 2.75) is 62.6 Å². The fraction of sp³-hybridized carbons (Fsp3) is 0.647. The Bertz CT molecular complexity index is 441. The van der Waals surface area contributed by atoms with Crippen LogP contribution in [0.4, 0.5) is 0 Å². The van der Waals surface area contributed by atoms with Crippen molar-refractivity contribution in [2.24, 2.45) is 5.92 Å². The molecule has 112 valence electrons. The first kappa shape index (κ1) is 15.7. The Balaban J connectivity index is 2.12. The standard InChI is InChI=1S/C17H27NOS/c1-4-11-18-16-10-7-14(3)12-17(16)20(19)15-8-5-13(2)6-9-15/h5-6,8-9,14,16-18H,4,7,10-12H2,1-3H3. The molecule has 0 aromatic heterocycles. The van der Waals surface area contributed by atoms with E-state index >= 15 is 0 Å². The molecule has 2 rings (SSSR count). The second-order valence-corrected chi connectivity index (χ2v) is 7.80. The highest BCUT2D eigenvalue weighted by Crippen LogP contribution is 2.30. The van der Waals surface area contributed by atoms with E-state index in [2.05, 4.69) is 38.2 Å². The van der Waals surface area contributed by atoms with Crippen LogP contribution in [0.3, 0.4) is 0 Å². The molecule has 2 nitrogen and oxygen atoms in total. The summed E-state index contributed by atoms with van der Waals surface area (Å²) in [4.78, 5) is 0.984. The van der Waals surface area contributed by atoms with E-state index in [1.165, 1.54) is 12.0 Å². The molecule has 20 heavy (non-hydrogen) atoms. The maximum Gasteiger partial charge on any atom is 0.0576 e. The van der Waals surface area contributed by atoms with Gasteiger partial charge in [0.05, 0.1) is 16.0 Å². The van der Waals surface area contributed by atoms with Crippen LogP contribution in [0, 0.1) is 12.8 Å². The molecule has 0 amide bonds. The lowest BCUT2D eigenvalue weighted by Crippen LogP contribution is -2.46. The Hall–Kier alpha value is -0.670. The highest BCUT2D eigenvalue weighted by Gasteiger charge is 2.33. The number of rotatable bonds is 5. The summed E-state index contributed by atoms with van der Waals surface area (Å²) in [6.07, 6.45) is 4.62. The molecule has 3 heteroatoms. The van der Waals surface area contributed by atoms with Gasteiger partial charge in [0.15, 0.2) is 0 Å². The van der Waals surface area contributed by atoms with Crippen molar-refractivity contribution in [1.29, 1.82) is 0 Å². The van der Waals surface area contributed by atoms with Gasteiger partial charge in [0, 0.05) is 10.9 Å². The topological polar surface area (TPSA) is 29.1 Å². The zero-order valence-electron chi connectivity index (χ0n) is 12.9. The number of hydrogen-bond donors (Lipinski definition) is 1. The molecule has 4 unspecified atom stereocenters. The number of aryl methyl sites for hydroxylation is 1. The molecule has 1 aliphatic rings. The quantitative estimate of drug-likeness (QED) is 0.897. The van der Waals surface area contributed by atoms with Crippen LogP contribution < -0.4 is 5.32 Å². The van der Waals surface area contributed by atoms with E-state index in [4.69, 9.17) is 0 Å². The number of nitrogens with one attached hydrogen (secondary N) is 1. The normalized spacial score (nSPS) is 28.2. The fourth-order valence-corrected chi connectivity index (χ4v) is 4.76. The molecular weight excluding hydrogens is 266 g/mol. The Morgan fingerprint density at radius 3 is 2.60 bits per heavy atom. The van der Waals surface area contributed by atoms with Crippen molar-refractivity contribution in [3.8, 4) is 0 Å². The van der Waals surface area contributed by atoms with Crippen LogP contribution in [0.5, 0.6) is 0 Å². The van der Waals surface area contributed by atoms with Gasteiger partial charge in [0.25, 0.3) is 0 Å². The summed E-state index contributed by atoms with van der Waals surface area (Å²) in [6, 6.07) is 8.60. The molecule has 1 fully saturated rings. The van der Waals surface area contributed by atoms with E-state index in [1.54, 1.807) is 0 Å². The summed E-state index contributed by atoms with van der Waals surface area (Å²) in [5.74, 6) is 0.689. The van der Waals surface area contributed by atoms with Crippen LogP contribution in [0.15, 0.2) is 29.2 Å². The Labute approximate surface area is 125 Å². The summed E-state index contributed by atoms with van der Waals surface area (Å²) < 4.78 is 12.9. The summed E-state index contributed by atoms with van der Waals surface area (Å²) >= 11 is 0. The highest BCUT2D eigenvalue weighted by atomic mass is 32.2. The molecular formula is C17H27NOS. The SMILES string of the molecule is CCCNC1CCC(C)CC1S(=O)c1ccc(C)cc1. The lowest BCUT2D eigenvalue weighted by molar-refractivity contribution is 0.313. The van der Waals surface area contributed by atoms with Crippen LogP contribution in [0.1, 0.15) is 45.1 Å². The van der Waals surface area contributed by atoms with Crippen LogP contribution in [0.25, 0.3) is 0 Å².